The molecule has 0 amide bonds. The fourth-order valence-electron chi connectivity index (χ4n) is 5.39. The van der Waals surface area contributed by atoms with E-state index in [-0.39, 0.29) is 25.2 Å². The third-order valence-corrected chi connectivity index (χ3v) is 8.56. The van der Waals surface area contributed by atoms with E-state index in [2.05, 4.69) is 123 Å². The Hall–Kier alpha value is -3.44. The van der Waals surface area contributed by atoms with Gasteiger partial charge in [0.05, 0.1) is 6.61 Å². The fraction of sp³-hybridized carbons (Fsp3) is 0.592. The van der Waals surface area contributed by atoms with E-state index >= 15 is 0 Å². The molecule has 0 saturated carbocycles. The maximum absolute atomic E-state index is 12.2. The van der Waals surface area contributed by atoms with Crippen molar-refractivity contribution in [1.82, 2.24) is 0 Å². The zero-order valence-electron chi connectivity index (χ0n) is 34.4. The third-order valence-electron chi connectivity index (χ3n) is 8.56. The van der Waals surface area contributed by atoms with Gasteiger partial charge in [-0.1, -0.05) is 168 Å². The first kappa shape index (κ1) is 50.6. The lowest BCUT2D eigenvalue weighted by atomic mass is 10.1. The number of unbranched alkanes of at least 4 members (excludes halogenated alkanes) is 11. The zero-order valence-corrected chi connectivity index (χ0v) is 34.4. The number of hydrogen-bond donors (Lipinski definition) is 1. The van der Waals surface area contributed by atoms with Crippen LogP contribution < -0.4 is 0 Å². The van der Waals surface area contributed by atoms with Crippen LogP contribution in [0.4, 0.5) is 0 Å². The average Bonchev–Trinajstić information content (AvgIpc) is 3.17. The highest BCUT2D eigenvalue weighted by molar-refractivity contribution is 5.70. The van der Waals surface area contributed by atoms with Gasteiger partial charge in [0.15, 0.2) is 6.10 Å². The Morgan fingerprint density at radius 3 is 1.11 bits per heavy atom. The number of aliphatic hydroxyl groups excluding tert-OH is 1. The second kappa shape index (κ2) is 44.0. The standard InChI is InChI=1S/C49H78O5/c1-3-5-7-9-11-13-15-17-19-21-22-23-24-25-26-28-30-32-34-36-38-40-42-44-49(52)54-47(45-50)46-53-48(51)43-41-39-37-35-33-31-29-27-20-18-16-14-12-10-8-6-4-2/h5-8,11-14,17-20,22-23,25-26,30,32,47,50H,3-4,9-10,15-16,21,24,27-29,31,33-46H2,1-2H3/b7-5-,8-6-,13-11-,14-12-,19-17-,20-18-,23-22-,26-25-,32-30-. The van der Waals surface area contributed by atoms with E-state index in [1.165, 1.54) is 25.7 Å². The normalized spacial score (nSPS) is 13.3. The quantitative estimate of drug-likeness (QED) is 0.0389. The van der Waals surface area contributed by atoms with Gasteiger partial charge in [-0.15, -0.1) is 0 Å². The van der Waals surface area contributed by atoms with Crippen molar-refractivity contribution in [3.8, 4) is 0 Å². The van der Waals surface area contributed by atoms with Crippen LogP contribution in [0.2, 0.25) is 0 Å². The largest absolute Gasteiger partial charge is 0.462 e. The SMILES string of the molecule is CC/C=C\C/C=C\C/C=C\C/C=C\C/C=C\C/C=C\CCCCCCC(=O)OC(CO)COC(=O)CCCCCCCCC/C=C\C/C=C\C/C=C\CC. The van der Waals surface area contributed by atoms with E-state index in [9.17, 15) is 14.7 Å². The van der Waals surface area contributed by atoms with E-state index in [1.54, 1.807) is 0 Å². The van der Waals surface area contributed by atoms with Crippen LogP contribution in [0.1, 0.15) is 168 Å². The molecule has 0 aromatic carbocycles. The maximum Gasteiger partial charge on any atom is 0.306 e. The molecule has 1 atom stereocenters. The van der Waals surface area contributed by atoms with Crippen molar-refractivity contribution in [1.29, 1.82) is 0 Å². The number of allylic oxidation sites excluding steroid dienone is 18. The van der Waals surface area contributed by atoms with E-state index < -0.39 is 6.10 Å². The smallest absolute Gasteiger partial charge is 0.306 e. The number of carbonyl (C=O) groups is 2. The average molecular weight is 747 g/mol. The number of hydrogen-bond acceptors (Lipinski definition) is 5. The van der Waals surface area contributed by atoms with Crippen LogP contribution in [0.5, 0.6) is 0 Å². The summed E-state index contributed by atoms with van der Waals surface area (Å²) in [5.74, 6) is -0.642. The highest BCUT2D eigenvalue weighted by Gasteiger charge is 2.16. The monoisotopic (exact) mass is 747 g/mol. The van der Waals surface area contributed by atoms with Crippen molar-refractivity contribution in [3.63, 3.8) is 0 Å². The molecule has 1 unspecified atom stereocenters. The van der Waals surface area contributed by atoms with Gasteiger partial charge in [0.1, 0.15) is 6.61 Å². The molecular weight excluding hydrogens is 669 g/mol. The summed E-state index contributed by atoms with van der Waals surface area (Å²) in [6.45, 7) is 3.87. The third kappa shape index (κ3) is 41.3. The Balaban J connectivity index is 3.67. The van der Waals surface area contributed by atoms with Gasteiger partial charge in [0.2, 0.25) is 0 Å². The molecule has 1 N–H and O–H groups in total. The molecule has 0 radical (unpaired) electrons. The molecule has 0 aromatic rings. The minimum Gasteiger partial charge on any atom is -0.462 e. The number of aliphatic hydroxyl groups is 1. The molecule has 0 aliphatic heterocycles. The molecule has 0 bridgehead atoms. The van der Waals surface area contributed by atoms with Crippen LogP contribution in [-0.2, 0) is 19.1 Å². The lowest BCUT2D eigenvalue weighted by molar-refractivity contribution is -0.161. The summed E-state index contributed by atoms with van der Waals surface area (Å²) < 4.78 is 10.6. The highest BCUT2D eigenvalue weighted by atomic mass is 16.6. The first-order valence-corrected chi connectivity index (χ1v) is 21.4. The second-order valence-electron chi connectivity index (χ2n) is 13.7. The highest BCUT2D eigenvalue weighted by Crippen LogP contribution is 2.12. The van der Waals surface area contributed by atoms with Gasteiger partial charge in [-0.05, 0) is 96.3 Å². The fourth-order valence-corrected chi connectivity index (χ4v) is 5.39. The van der Waals surface area contributed by atoms with Crippen molar-refractivity contribution in [3.05, 3.63) is 109 Å². The molecule has 0 saturated heterocycles. The maximum atomic E-state index is 12.2. The Morgan fingerprint density at radius 2 is 0.741 bits per heavy atom. The van der Waals surface area contributed by atoms with Gasteiger partial charge in [0.25, 0.3) is 0 Å². The topological polar surface area (TPSA) is 72.8 Å². The van der Waals surface area contributed by atoms with Gasteiger partial charge in [-0.2, -0.15) is 0 Å². The summed E-state index contributed by atoms with van der Waals surface area (Å²) in [6, 6.07) is 0. The molecule has 0 spiro atoms. The summed E-state index contributed by atoms with van der Waals surface area (Å²) in [4.78, 5) is 24.3. The van der Waals surface area contributed by atoms with E-state index in [4.69, 9.17) is 9.47 Å². The first-order valence-electron chi connectivity index (χ1n) is 21.4. The number of rotatable bonds is 37. The minimum absolute atomic E-state index is 0.0892. The molecule has 54 heavy (non-hydrogen) atoms. The molecule has 304 valence electrons. The lowest BCUT2D eigenvalue weighted by Crippen LogP contribution is -2.28. The molecule has 0 rings (SSSR count). The number of carbonyl (C=O) groups excluding carboxylic acids is 2. The van der Waals surface area contributed by atoms with Crippen molar-refractivity contribution in [2.45, 2.75) is 174 Å². The zero-order chi connectivity index (χ0) is 39.3. The van der Waals surface area contributed by atoms with Crippen LogP contribution in [0.3, 0.4) is 0 Å². The molecule has 5 nitrogen and oxygen atoms in total. The van der Waals surface area contributed by atoms with Crippen molar-refractivity contribution in [2.24, 2.45) is 0 Å². The first-order chi connectivity index (χ1) is 26.6. The predicted molar refractivity (Wildman–Crippen MR) is 232 cm³/mol. The Bertz CT molecular complexity index is 1120. The summed E-state index contributed by atoms with van der Waals surface area (Å²) in [5, 5.41) is 9.58. The Labute approximate surface area is 331 Å². The van der Waals surface area contributed by atoms with Crippen molar-refractivity contribution >= 4 is 11.9 Å². The van der Waals surface area contributed by atoms with E-state index in [0.717, 1.165) is 116 Å². The summed E-state index contributed by atoms with van der Waals surface area (Å²) in [7, 11) is 0. The lowest BCUT2D eigenvalue weighted by Gasteiger charge is -2.15. The van der Waals surface area contributed by atoms with Gasteiger partial charge in [-0.3, -0.25) is 9.59 Å². The molecule has 0 aliphatic carbocycles. The van der Waals surface area contributed by atoms with E-state index in [1.807, 2.05) is 0 Å². The number of esters is 2. The van der Waals surface area contributed by atoms with Gasteiger partial charge in [-0.25, -0.2) is 0 Å². The predicted octanol–water partition coefficient (Wildman–Crippen LogP) is 13.8. The molecule has 0 fully saturated rings. The Morgan fingerprint density at radius 1 is 0.426 bits per heavy atom. The van der Waals surface area contributed by atoms with Gasteiger partial charge in [0, 0.05) is 12.8 Å². The molecule has 5 heteroatoms. The molecule has 0 aromatic heterocycles. The van der Waals surface area contributed by atoms with Crippen LogP contribution >= 0.6 is 0 Å². The summed E-state index contributed by atoms with van der Waals surface area (Å²) in [6.07, 6.45) is 62.9. The molecule has 0 aliphatic rings. The van der Waals surface area contributed by atoms with Crippen molar-refractivity contribution in [2.75, 3.05) is 13.2 Å². The molecular formula is C49H78O5. The minimum atomic E-state index is -0.797. The van der Waals surface area contributed by atoms with Crippen LogP contribution in [-0.4, -0.2) is 36.4 Å². The van der Waals surface area contributed by atoms with Crippen molar-refractivity contribution < 1.29 is 24.2 Å². The summed E-state index contributed by atoms with van der Waals surface area (Å²) >= 11 is 0. The summed E-state index contributed by atoms with van der Waals surface area (Å²) in [5.41, 5.74) is 0. The number of ether oxygens (including phenoxy) is 2. The molecule has 0 heterocycles. The van der Waals surface area contributed by atoms with Crippen LogP contribution in [0.25, 0.3) is 0 Å². The van der Waals surface area contributed by atoms with E-state index in [0.29, 0.717) is 12.8 Å². The Kier molecular flexibility index (Phi) is 41.2. The van der Waals surface area contributed by atoms with Crippen LogP contribution in [0.15, 0.2) is 109 Å². The second-order valence-corrected chi connectivity index (χ2v) is 13.7. The van der Waals surface area contributed by atoms with Crippen LogP contribution in [0, 0.1) is 0 Å². The van der Waals surface area contributed by atoms with Gasteiger partial charge < -0.3 is 14.6 Å². The van der Waals surface area contributed by atoms with Gasteiger partial charge >= 0.3 is 11.9 Å².